The van der Waals surface area contributed by atoms with E-state index < -0.39 is 40.8 Å². The Morgan fingerprint density at radius 3 is 2.30 bits per heavy atom. The third kappa shape index (κ3) is 4.19. The van der Waals surface area contributed by atoms with E-state index >= 15 is 4.39 Å². The van der Waals surface area contributed by atoms with Gasteiger partial charge < -0.3 is 14.4 Å². The Labute approximate surface area is 185 Å². The minimum Gasteiger partial charge on any atom is -0.399 e. The van der Waals surface area contributed by atoms with Crippen molar-refractivity contribution in [2.75, 3.05) is 4.72 Å². The molecule has 0 aliphatic carbocycles. The van der Waals surface area contributed by atoms with Gasteiger partial charge in [0.1, 0.15) is 10.7 Å². The molecule has 2 aromatic carbocycles. The van der Waals surface area contributed by atoms with E-state index in [0.717, 1.165) is 6.07 Å². The molecule has 1 fully saturated rings. The van der Waals surface area contributed by atoms with Gasteiger partial charge in [0.15, 0.2) is 0 Å². The SMILES string of the molecule is CC1(C)OB(c2cccc(NS(=O)(=O)c3cc(Cl)cc(CO)c3Cl)c2F)OC1(C)C. The Bertz CT molecular complexity index is 1080. The zero-order valence-corrected chi connectivity index (χ0v) is 19.1. The fourth-order valence-corrected chi connectivity index (χ4v) is 4.89. The molecule has 1 saturated heterocycles. The predicted molar refractivity (Wildman–Crippen MR) is 115 cm³/mol. The van der Waals surface area contributed by atoms with Gasteiger partial charge in [-0.05, 0) is 51.5 Å². The number of hydrogen-bond donors (Lipinski definition) is 2. The van der Waals surface area contributed by atoms with Crippen LogP contribution in [0.3, 0.4) is 0 Å². The van der Waals surface area contributed by atoms with Crippen molar-refractivity contribution in [3.63, 3.8) is 0 Å². The van der Waals surface area contributed by atoms with E-state index in [1.807, 2.05) is 27.7 Å². The smallest absolute Gasteiger partial charge is 0.399 e. The number of nitrogens with one attached hydrogen (secondary N) is 1. The van der Waals surface area contributed by atoms with Crippen LogP contribution in [0, 0.1) is 5.82 Å². The van der Waals surface area contributed by atoms with Crippen LogP contribution in [0.2, 0.25) is 10.0 Å². The number of sulfonamides is 1. The molecule has 30 heavy (non-hydrogen) atoms. The molecule has 11 heteroatoms. The predicted octanol–water partition coefficient (Wildman–Crippen LogP) is 3.72. The molecular weight excluding hydrogens is 455 g/mol. The summed E-state index contributed by atoms with van der Waals surface area (Å²) in [5.74, 6) is -0.833. The second-order valence-corrected chi connectivity index (χ2v) is 10.4. The molecule has 0 unspecified atom stereocenters. The Morgan fingerprint density at radius 2 is 1.73 bits per heavy atom. The molecule has 0 aromatic heterocycles. The molecule has 2 N–H and O–H groups in total. The monoisotopic (exact) mass is 475 g/mol. The highest BCUT2D eigenvalue weighted by Crippen LogP contribution is 2.37. The van der Waals surface area contributed by atoms with Crippen molar-refractivity contribution in [2.24, 2.45) is 0 Å². The lowest BCUT2D eigenvalue weighted by Gasteiger charge is -2.32. The molecular formula is C19H21BCl2FNO5S. The fraction of sp³-hybridized carbons (Fsp3) is 0.368. The molecule has 1 heterocycles. The first-order chi connectivity index (χ1) is 13.8. The van der Waals surface area contributed by atoms with Crippen molar-refractivity contribution < 1.29 is 27.2 Å². The Morgan fingerprint density at radius 1 is 1.13 bits per heavy atom. The second-order valence-electron chi connectivity index (χ2n) is 7.94. The lowest BCUT2D eigenvalue weighted by molar-refractivity contribution is 0.00578. The van der Waals surface area contributed by atoms with Gasteiger partial charge in [-0.15, -0.1) is 0 Å². The zero-order valence-electron chi connectivity index (χ0n) is 16.8. The molecule has 3 rings (SSSR count). The van der Waals surface area contributed by atoms with Crippen LogP contribution in [0.5, 0.6) is 0 Å². The summed E-state index contributed by atoms with van der Waals surface area (Å²) >= 11 is 12.0. The highest BCUT2D eigenvalue weighted by atomic mass is 35.5. The van der Waals surface area contributed by atoms with Crippen molar-refractivity contribution in [1.29, 1.82) is 0 Å². The second kappa shape index (κ2) is 7.96. The normalized spacial score (nSPS) is 17.9. The standard InChI is InChI=1S/C19H21BCl2FNO5S/c1-18(2)19(3,4)29-20(28-18)13-6-5-7-14(17(13)23)24-30(26,27)15-9-12(21)8-11(10-25)16(15)22/h5-9,24-25H,10H2,1-4H3. The molecule has 0 radical (unpaired) electrons. The fourth-order valence-electron chi connectivity index (χ4n) is 2.91. The minimum absolute atomic E-state index is 0.0575. The molecule has 1 aliphatic heterocycles. The number of halogens is 3. The van der Waals surface area contributed by atoms with Crippen molar-refractivity contribution >= 4 is 51.5 Å². The van der Waals surface area contributed by atoms with E-state index in [1.54, 1.807) is 0 Å². The summed E-state index contributed by atoms with van der Waals surface area (Å²) in [6.45, 7) is 6.82. The number of aliphatic hydroxyl groups excluding tert-OH is 1. The van der Waals surface area contributed by atoms with Crippen LogP contribution < -0.4 is 10.2 Å². The average Bonchev–Trinajstić information content (AvgIpc) is 2.85. The van der Waals surface area contributed by atoms with Crippen LogP contribution in [-0.2, 0) is 25.9 Å². The lowest BCUT2D eigenvalue weighted by atomic mass is 9.78. The summed E-state index contributed by atoms with van der Waals surface area (Å²) in [4.78, 5) is -0.374. The number of aliphatic hydroxyl groups is 1. The molecule has 2 aromatic rings. The topological polar surface area (TPSA) is 84.9 Å². The van der Waals surface area contributed by atoms with E-state index in [2.05, 4.69) is 4.72 Å². The van der Waals surface area contributed by atoms with E-state index in [-0.39, 0.29) is 31.7 Å². The van der Waals surface area contributed by atoms with Gasteiger partial charge in [-0.25, -0.2) is 12.8 Å². The first-order valence-corrected chi connectivity index (χ1v) is 11.3. The van der Waals surface area contributed by atoms with Crippen molar-refractivity contribution in [3.05, 3.63) is 51.8 Å². The number of rotatable bonds is 5. The number of benzene rings is 2. The van der Waals surface area contributed by atoms with Crippen LogP contribution in [0.4, 0.5) is 10.1 Å². The number of anilines is 1. The molecule has 0 saturated carbocycles. The average molecular weight is 476 g/mol. The van der Waals surface area contributed by atoms with E-state index in [9.17, 15) is 13.5 Å². The van der Waals surface area contributed by atoms with Gasteiger partial charge in [-0.1, -0.05) is 35.3 Å². The van der Waals surface area contributed by atoms with Gasteiger partial charge in [0.25, 0.3) is 10.0 Å². The van der Waals surface area contributed by atoms with E-state index in [1.165, 1.54) is 24.3 Å². The molecule has 1 aliphatic rings. The van der Waals surface area contributed by atoms with Crippen molar-refractivity contribution in [2.45, 2.75) is 50.4 Å². The maximum Gasteiger partial charge on any atom is 0.497 e. The van der Waals surface area contributed by atoms with Crippen LogP contribution in [0.25, 0.3) is 0 Å². The van der Waals surface area contributed by atoms with Gasteiger partial charge in [0, 0.05) is 10.5 Å². The molecule has 0 bridgehead atoms. The third-order valence-corrected chi connectivity index (χ3v) is 7.49. The van der Waals surface area contributed by atoms with Crippen LogP contribution in [-0.4, -0.2) is 31.8 Å². The first kappa shape index (κ1) is 23.3. The van der Waals surface area contributed by atoms with Gasteiger partial charge in [0.2, 0.25) is 0 Å². The first-order valence-electron chi connectivity index (χ1n) is 9.05. The zero-order chi connectivity index (χ0) is 22.5. The number of hydrogen-bond acceptors (Lipinski definition) is 5. The molecule has 0 amide bonds. The summed E-state index contributed by atoms with van der Waals surface area (Å²) in [7, 11) is -5.31. The van der Waals surface area contributed by atoms with Gasteiger partial charge in [-0.2, -0.15) is 0 Å². The summed E-state index contributed by atoms with van der Waals surface area (Å²) in [5.41, 5.74) is -1.48. The van der Waals surface area contributed by atoms with Crippen molar-refractivity contribution in [1.82, 2.24) is 0 Å². The van der Waals surface area contributed by atoms with Gasteiger partial charge in [-0.3, -0.25) is 4.72 Å². The Hall–Kier alpha value is -1.36. The molecule has 0 spiro atoms. The van der Waals surface area contributed by atoms with Crippen LogP contribution in [0.1, 0.15) is 33.3 Å². The largest absolute Gasteiger partial charge is 0.497 e. The van der Waals surface area contributed by atoms with Crippen molar-refractivity contribution in [3.8, 4) is 0 Å². The summed E-state index contributed by atoms with van der Waals surface area (Å²) < 4.78 is 54.9. The van der Waals surface area contributed by atoms with E-state index in [4.69, 9.17) is 32.5 Å². The maximum atomic E-state index is 15.2. The van der Waals surface area contributed by atoms with Crippen LogP contribution >= 0.6 is 23.2 Å². The summed E-state index contributed by atoms with van der Waals surface area (Å²) in [6, 6.07) is 6.70. The minimum atomic E-state index is -4.31. The Kier molecular flexibility index (Phi) is 6.19. The molecule has 6 nitrogen and oxygen atoms in total. The Balaban J connectivity index is 1.98. The summed E-state index contributed by atoms with van der Waals surface area (Å²) in [5, 5.41) is 9.23. The maximum absolute atomic E-state index is 15.2. The van der Waals surface area contributed by atoms with Gasteiger partial charge >= 0.3 is 7.12 Å². The van der Waals surface area contributed by atoms with E-state index in [0.29, 0.717) is 0 Å². The quantitative estimate of drug-likeness (QED) is 0.643. The summed E-state index contributed by atoms with van der Waals surface area (Å²) in [6.07, 6.45) is 0. The highest BCUT2D eigenvalue weighted by Gasteiger charge is 2.52. The lowest BCUT2D eigenvalue weighted by Crippen LogP contribution is -2.41. The third-order valence-electron chi connectivity index (χ3n) is 5.32. The van der Waals surface area contributed by atoms with Gasteiger partial charge in [0.05, 0.1) is 28.5 Å². The molecule has 0 atom stereocenters. The highest BCUT2D eigenvalue weighted by molar-refractivity contribution is 7.92. The van der Waals surface area contributed by atoms with Crippen LogP contribution in [0.15, 0.2) is 35.2 Å². The molecule has 162 valence electrons.